The SMILES string of the molecule is O=C(O)CN(C(=O)c1cccc(Cl)c1O)C1CCCC1. The van der Waals surface area contributed by atoms with Gasteiger partial charge in [-0.15, -0.1) is 0 Å². The van der Waals surface area contributed by atoms with E-state index >= 15 is 0 Å². The summed E-state index contributed by atoms with van der Waals surface area (Å²) in [6.45, 7) is -0.366. The third-order valence-electron chi connectivity index (χ3n) is 3.55. The van der Waals surface area contributed by atoms with Gasteiger partial charge >= 0.3 is 5.97 Å². The van der Waals surface area contributed by atoms with Crippen molar-refractivity contribution in [3.05, 3.63) is 28.8 Å². The molecule has 0 saturated heterocycles. The molecule has 0 heterocycles. The highest BCUT2D eigenvalue weighted by molar-refractivity contribution is 6.32. The normalized spacial score (nSPS) is 15.2. The molecule has 1 aromatic carbocycles. The molecular weight excluding hydrogens is 282 g/mol. The molecule has 1 aromatic rings. The maximum atomic E-state index is 12.5. The summed E-state index contributed by atoms with van der Waals surface area (Å²) < 4.78 is 0. The molecular formula is C14H16ClNO4. The summed E-state index contributed by atoms with van der Waals surface area (Å²) in [6.07, 6.45) is 3.55. The lowest BCUT2D eigenvalue weighted by molar-refractivity contribution is -0.138. The second-order valence-electron chi connectivity index (χ2n) is 4.90. The van der Waals surface area contributed by atoms with Crippen molar-refractivity contribution in [1.29, 1.82) is 0 Å². The topological polar surface area (TPSA) is 77.8 Å². The van der Waals surface area contributed by atoms with Gasteiger partial charge in [-0.2, -0.15) is 0 Å². The number of hydrogen-bond donors (Lipinski definition) is 2. The summed E-state index contributed by atoms with van der Waals surface area (Å²) in [4.78, 5) is 24.8. The molecule has 5 nitrogen and oxygen atoms in total. The Bertz CT molecular complexity index is 526. The number of carbonyl (C=O) groups is 2. The lowest BCUT2D eigenvalue weighted by Gasteiger charge is -2.27. The molecule has 1 aliphatic rings. The molecule has 0 radical (unpaired) electrons. The van der Waals surface area contributed by atoms with Gasteiger partial charge in [0.2, 0.25) is 0 Å². The molecule has 6 heteroatoms. The molecule has 0 aromatic heterocycles. The molecule has 2 N–H and O–H groups in total. The van der Waals surface area contributed by atoms with E-state index in [0.29, 0.717) is 0 Å². The van der Waals surface area contributed by atoms with Crippen LogP contribution in [0.2, 0.25) is 5.02 Å². The number of benzene rings is 1. The number of para-hydroxylation sites is 1. The van der Waals surface area contributed by atoms with Crippen LogP contribution in [0.5, 0.6) is 5.75 Å². The second kappa shape index (κ2) is 6.13. The van der Waals surface area contributed by atoms with Crippen molar-refractivity contribution in [3.8, 4) is 5.75 Å². The van der Waals surface area contributed by atoms with Crippen LogP contribution in [0.15, 0.2) is 18.2 Å². The Kier molecular flexibility index (Phi) is 4.49. The Balaban J connectivity index is 2.29. The Morgan fingerprint density at radius 2 is 1.95 bits per heavy atom. The molecule has 1 saturated carbocycles. The molecule has 1 aliphatic carbocycles. The standard InChI is InChI=1S/C14H16ClNO4/c15-11-7-3-6-10(13(11)19)14(20)16(8-12(17)18)9-4-1-2-5-9/h3,6-7,9,19H,1-2,4-5,8H2,(H,17,18). The zero-order valence-corrected chi connectivity index (χ0v) is 11.6. The Labute approximate surface area is 121 Å². The highest BCUT2D eigenvalue weighted by Crippen LogP contribution is 2.30. The number of carboxylic acids is 1. The van der Waals surface area contributed by atoms with E-state index in [-0.39, 0.29) is 28.9 Å². The minimum Gasteiger partial charge on any atom is -0.506 e. The first-order valence-corrected chi connectivity index (χ1v) is 6.88. The largest absolute Gasteiger partial charge is 0.506 e. The van der Waals surface area contributed by atoms with Gasteiger partial charge in [0.1, 0.15) is 12.3 Å². The summed E-state index contributed by atoms with van der Waals surface area (Å²) in [6, 6.07) is 4.40. The molecule has 1 fully saturated rings. The second-order valence-corrected chi connectivity index (χ2v) is 5.31. The van der Waals surface area contributed by atoms with Gasteiger partial charge in [0.15, 0.2) is 0 Å². The van der Waals surface area contributed by atoms with E-state index < -0.39 is 11.9 Å². The summed E-state index contributed by atoms with van der Waals surface area (Å²) in [5, 5.41) is 18.9. The smallest absolute Gasteiger partial charge is 0.323 e. The molecule has 0 atom stereocenters. The van der Waals surface area contributed by atoms with E-state index in [0.717, 1.165) is 25.7 Å². The number of aliphatic carboxylic acids is 1. The number of phenolic OH excluding ortho intramolecular Hbond substituents is 1. The number of carboxylic acid groups (broad SMARTS) is 1. The minimum atomic E-state index is -1.06. The molecule has 0 aliphatic heterocycles. The predicted octanol–water partition coefficient (Wildman–Crippen LogP) is 2.52. The zero-order chi connectivity index (χ0) is 14.7. The van der Waals surface area contributed by atoms with Crippen LogP contribution in [0, 0.1) is 0 Å². The maximum absolute atomic E-state index is 12.5. The van der Waals surface area contributed by atoms with Gasteiger partial charge in [-0.25, -0.2) is 0 Å². The first-order valence-electron chi connectivity index (χ1n) is 6.51. The van der Waals surface area contributed by atoms with Gasteiger partial charge < -0.3 is 15.1 Å². The number of nitrogens with zero attached hydrogens (tertiary/aromatic N) is 1. The Morgan fingerprint density at radius 3 is 2.55 bits per heavy atom. The van der Waals surface area contributed by atoms with E-state index in [1.807, 2.05) is 0 Å². The van der Waals surface area contributed by atoms with Crippen molar-refractivity contribution < 1.29 is 19.8 Å². The number of aromatic hydroxyl groups is 1. The molecule has 0 unspecified atom stereocenters. The fraction of sp³-hybridized carbons (Fsp3) is 0.429. The van der Waals surface area contributed by atoms with Crippen molar-refractivity contribution in [3.63, 3.8) is 0 Å². The number of hydrogen-bond acceptors (Lipinski definition) is 3. The maximum Gasteiger partial charge on any atom is 0.323 e. The van der Waals surface area contributed by atoms with Gasteiger partial charge in [-0.1, -0.05) is 30.5 Å². The molecule has 1 amide bonds. The fourth-order valence-corrected chi connectivity index (χ4v) is 2.75. The van der Waals surface area contributed by atoms with Crippen molar-refractivity contribution in [2.75, 3.05) is 6.54 Å². The summed E-state index contributed by atoms with van der Waals surface area (Å²) in [5.41, 5.74) is 0.0469. The van der Waals surface area contributed by atoms with Crippen LogP contribution in [-0.2, 0) is 4.79 Å². The van der Waals surface area contributed by atoms with E-state index in [4.69, 9.17) is 16.7 Å². The van der Waals surface area contributed by atoms with Crippen LogP contribution in [0.25, 0.3) is 0 Å². The van der Waals surface area contributed by atoms with E-state index in [1.165, 1.54) is 17.0 Å². The van der Waals surface area contributed by atoms with Crippen molar-refractivity contribution in [2.24, 2.45) is 0 Å². The van der Waals surface area contributed by atoms with E-state index in [2.05, 4.69) is 0 Å². The Hall–Kier alpha value is -1.75. The molecule has 20 heavy (non-hydrogen) atoms. The molecule has 0 spiro atoms. The van der Waals surface area contributed by atoms with Crippen LogP contribution in [0.1, 0.15) is 36.0 Å². The highest BCUT2D eigenvalue weighted by atomic mass is 35.5. The van der Waals surface area contributed by atoms with E-state index in [1.54, 1.807) is 6.07 Å². The number of carbonyl (C=O) groups excluding carboxylic acids is 1. The van der Waals surface area contributed by atoms with Gasteiger partial charge in [-0.05, 0) is 25.0 Å². The number of amides is 1. The van der Waals surface area contributed by atoms with Gasteiger partial charge in [-0.3, -0.25) is 9.59 Å². The van der Waals surface area contributed by atoms with Crippen molar-refractivity contribution >= 4 is 23.5 Å². The van der Waals surface area contributed by atoms with Crippen LogP contribution in [0.4, 0.5) is 0 Å². The van der Waals surface area contributed by atoms with Crippen LogP contribution in [0.3, 0.4) is 0 Å². The fourth-order valence-electron chi connectivity index (χ4n) is 2.57. The summed E-state index contributed by atoms with van der Waals surface area (Å²) in [7, 11) is 0. The van der Waals surface area contributed by atoms with Crippen molar-refractivity contribution in [1.82, 2.24) is 4.90 Å². The van der Waals surface area contributed by atoms with Crippen LogP contribution < -0.4 is 0 Å². The monoisotopic (exact) mass is 297 g/mol. The lowest BCUT2D eigenvalue weighted by Crippen LogP contribution is -2.42. The molecule has 0 bridgehead atoms. The quantitative estimate of drug-likeness (QED) is 0.895. The molecule has 108 valence electrons. The zero-order valence-electron chi connectivity index (χ0n) is 10.9. The van der Waals surface area contributed by atoms with Crippen molar-refractivity contribution in [2.45, 2.75) is 31.7 Å². The number of phenols is 1. The third kappa shape index (κ3) is 3.04. The van der Waals surface area contributed by atoms with E-state index in [9.17, 15) is 14.7 Å². The first-order chi connectivity index (χ1) is 9.50. The van der Waals surface area contributed by atoms with Gasteiger partial charge in [0.25, 0.3) is 5.91 Å². The summed E-state index contributed by atoms with van der Waals surface area (Å²) in [5.74, 6) is -1.85. The Morgan fingerprint density at radius 1 is 1.30 bits per heavy atom. The average Bonchev–Trinajstić information content (AvgIpc) is 2.92. The number of rotatable bonds is 4. The molecule has 2 rings (SSSR count). The minimum absolute atomic E-state index is 0.0469. The summed E-state index contributed by atoms with van der Waals surface area (Å²) >= 11 is 5.79. The van der Waals surface area contributed by atoms with Gasteiger partial charge in [0.05, 0.1) is 10.6 Å². The first kappa shape index (κ1) is 14.7. The average molecular weight is 298 g/mol. The lowest BCUT2D eigenvalue weighted by atomic mass is 10.1. The van der Waals surface area contributed by atoms with Gasteiger partial charge in [0, 0.05) is 6.04 Å². The number of halogens is 1. The van der Waals surface area contributed by atoms with Crippen LogP contribution >= 0.6 is 11.6 Å². The van der Waals surface area contributed by atoms with Crippen LogP contribution in [-0.4, -0.2) is 39.6 Å². The highest BCUT2D eigenvalue weighted by Gasteiger charge is 2.30. The third-order valence-corrected chi connectivity index (χ3v) is 3.85. The predicted molar refractivity (Wildman–Crippen MR) is 74.0 cm³/mol.